The van der Waals surface area contributed by atoms with E-state index in [0.717, 1.165) is 5.56 Å². The molecule has 0 aliphatic rings. The summed E-state index contributed by atoms with van der Waals surface area (Å²) in [6.45, 7) is 2.07. The molecule has 0 aliphatic carbocycles. The highest BCUT2D eigenvalue weighted by atomic mass is 79.9. The standard InChI is InChI=1S/C18H19BrFNO2/c1-13(14-5-3-2-4-6-14)21(18(23)11-19)12-17(22)15-7-9-16(20)10-8-15/h2-10,13,17,22H,11-12H2,1H3/t13-,17-/m1/s1. The van der Waals surface area contributed by atoms with Gasteiger partial charge in [0.25, 0.3) is 0 Å². The van der Waals surface area contributed by atoms with Gasteiger partial charge in [-0.25, -0.2) is 4.39 Å². The van der Waals surface area contributed by atoms with Gasteiger partial charge in [-0.15, -0.1) is 0 Å². The molecule has 0 saturated heterocycles. The van der Waals surface area contributed by atoms with Gasteiger partial charge in [0.2, 0.25) is 5.91 Å². The van der Waals surface area contributed by atoms with E-state index in [1.165, 1.54) is 24.3 Å². The van der Waals surface area contributed by atoms with E-state index in [0.29, 0.717) is 5.56 Å². The third-order valence-corrected chi connectivity index (χ3v) is 4.29. The first-order valence-corrected chi connectivity index (χ1v) is 8.49. The summed E-state index contributed by atoms with van der Waals surface area (Å²) in [5.41, 5.74) is 1.58. The summed E-state index contributed by atoms with van der Waals surface area (Å²) in [5.74, 6) is -0.463. The highest BCUT2D eigenvalue weighted by Crippen LogP contribution is 2.24. The van der Waals surface area contributed by atoms with Gasteiger partial charge in [0.1, 0.15) is 5.82 Å². The number of halogens is 2. The Hall–Kier alpha value is -1.72. The van der Waals surface area contributed by atoms with Gasteiger partial charge in [0, 0.05) is 0 Å². The molecule has 0 aromatic heterocycles. The first-order valence-electron chi connectivity index (χ1n) is 7.37. The summed E-state index contributed by atoms with van der Waals surface area (Å²) in [6.07, 6.45) is -0.871. The number of hydrogen-bond donors (Lipinski definition) is 1. The Morgan fingerprint density at radius 3 is 2.30 bits per heavy atom. The van der Waals surface area contributed by atoms with E-state index in [2.05, 4.69) is 15.9 Å². The van der Waals surface area contributed by atoms with Crippen LogP contribution in [0.25, 0.3) is 0 Å². The molecule has 2 aromatic rings. The van der Waals surface area contributed by atoms with Crippen LogP contribution in [0.2, 0.25) is 0 Å². The minimum absolute atomic E-state index is 0.109. The maximum atomic E-state index is 13.0. The second kappa shape index (κ2) is 8.22. The number of hydrogen-bond acceptors (Lipinski definition) is 2. The van der Waals surface area contributed by atoms with E-state index in [1.807, 2.05) is 37.3 Å². The van der Waals surface area contributed by atoms with E-state index >= 15 is 0 Å². The number of alkyl halides is 1. The number of benzene rings is 2. The van der Waals surface area contributed by atoms with Gasteiger partial charge < -0.3 is 10.0 Å². The summed E-state index contributed by atoms with van der Waals surface area (Å²) >= 11 is 3.19. The smallest absolute Gasteiger partial charge is 0.233 e. The maximum absolute atomic E-state index is 13.0. The Bertz CT molecular complexity index is 633. The first-order chi connectivity index (χ1) is 11.0. The molecule has 1 amide bonds. The molecule has 1 N–H and O–H groups in total. The number of carbonyl (C=O) groups excluding carboxylic acids is 1. The van der Waals surface area contributed by atoms with Crippen molar-refractivity contribution < 1.29 is 14.3 Å². The molecule has 0 unspecified atom stereocenters. The molecule has 0 bridgehead atoms. The summed E-state index contributed by atoms with van der Waals surface area (Å²) in [7, 11) is 0. The van der Waals surface area contributed by atoms with Gasteiger partial charge in [0.15, 0.2) is 0 Å². The van der Waals surface area contributed by atoms with Crippen LogP contribution in [-0.2, 0) is 4.79 Å². The zero-order chi connectivity index (χ0) is 16.8. The Kier molecular flexibility index (Phi) is 6.30. The average molecular weight is 380 g/mol. The predicted molar refractivity (Wildman–Crippen MR) is 91.7 cm³/mol. The lowest BCUT2D eigenvalue weighted by Gasteiger charge is -2.31. The van der Waals surface area contributed by atoms with Gasteiger partial charge in [-0.3, -0.25) is 4.79 Å². The second-order valence-corrected chi connectivity index (χ2v) is 5.89. The van der Waals surface area contributed by atoms with E-state index in [4.69, 9.17) is 0 Å². The Balaban J connectivity index is 2.18. The Labute approximate surface area is 143 Å². The van der Waals surface area contributed by atoms with Crippen LogP contribution < -0.4 is 0 Å². The molecule has 5 heteroatoms. The van der Waals surface area contributed by atoms with Crippen molar-refractivity contribution in [2.45, 2.75) is 19.1 Å². The van der Waals surface area contributed by atoms with E-state index in [1.54, 1.807) is 4.90 Å². The molecule has 0 fully saturated rings. The third kappa shape index (κ3) is 4.62. The lowest BCUT2D eigenvalue weighted by molar-refractivity contribution is -0.132. The van der Waals surface area contributed by atoms with Crippen LogP contribution in [-0.4, -0.2) is 27.8 Å². The van der Waals surface area contributed by atoms with Gasteiger partial charge in [-0.1, -0.05) is 58.4 Å². The number of rotatable bonds is 6. The number of nitrogens with zero attached hydrogens (tertiary/aromatic N) is 1. The lowest BCUT2D eigenvalue weighted by Crippen LogP contribution is -2.37. The molecule has 0 aliphatic heterocycles. The van der Waals surface area contributed by atoms with Crippen LogP contribution in [0.15, 0.2) is 54.6 Å². The summed E-state index contributed by atoms with van der Waals surface area (Å²) in [4.78, 5) is 13.9. The number of amides is 1. The molecule has 2 rings (SSSR count). The van der Waals surface area contributed by atoms with Crippen molar-refractivity contribution in [1.29, 1.82) is 0 Å². The molecule has 2 atom stereocenters. The van der Waals surface area contributed by atoms with E-state index < -0.39 is 6.10 Å². The van der Waals surface area contributed by atoms with Crippen molar-refractivity contribution >= 4 is 21.8 Å². The van der Waals surface area contributed by atoms with Crippen molar-refractivity contribution in [2.75, 3.05) is 11.9 Å². The van der Waals surface area contributed by atoms with Crippen molar-refractivity contribution in [3.05, 3.63) is 71.5 Å². The number of aliphatic hydroxyl groups is 1. The van der Waals surface area contributed by atoms with Crippen LogP contribution in [0.1, 0.15) is 30.2 Å². The molecular formula is C18H19BrFNO2. The molecular weight excluding hydrogens is 361 g/mol. The molecule has 23 heavy (non-hydrogen) atoms. The molecule has 0 spiro atoms. The van der Waals surface area contributed by atoms with Gasteiger partial charge in [0.05, 0.1) is 24.0 Å². The molecule has 2 aromatic carbocycles. The largest absolute Gasteiger partial charge is 0.387 e. The van der Waals surface area contributed by atoms with E-state index in [9.17, 15) is 14.3 Å². The summed E-state index contributed by atoms with van der Waals surface area (Å²) in [5, 5.41) is 10.6. The molecule has 122 valence electrons. The zero-order valence-electron chi connectivity index (χ0n) is 12.8. The summed E-state index contributed by atoms with van der Waals surface area (Å²) < 4.78 is 13.0. The SMILES string of the molecule is C[C@H](c1ccccc1)N(C[C@@H](O)c1ccc(F)cc1)C(=O)CBr. The first kappa shape index (κ1) is 17.6. The maximum Gasteiger partial charge on any atom is 0.233 e. The zero-order valence-corrected chi connectivity index (χ0v) is 14.4. The minimum Gasteiger partial charge on any atom is -0.387 e. The van der Waals surface area contributed by atoms with Crippen molar-refractivity contribution in [3.63, 3.8) is 0 Å². The normalized spacial score (nSPS) is 13.4. The second-order valence-electron chi connectivity index (χ2n) is 5.33. The van der Waals surface area contributed by atoms with Crippen molar-refractivity contribution in [1.82, 2.24) is 4.90 Å². The third-order valence-electron chi connectivity index (χ3n) is 3.81. The topological polar surface area (TPSA) is 40.5 Å². The number of aliphatic hydroxyl groups excluding tert-OH is 1. The van der Waals surface area contributed by atoms with Gasteiger partial charge in [-0.05, 0) is 30.2 Å². The monoisotopic (exact) mass is 379 g/mol. The van der Waals surface area contributed by atoms with Crippen LogP contribution in [0, 0.1) is 5.82 Å². The fraction of sp³-hybridized carbons (Fsp3) is 0.278. The van der Waals surface area contributed by atoms with E-state index in [-0.39, 0.29) is 29.6 Å². The quantitative estimate of drug-likeness (QED) is 0.774. The minimum atomic E-state index is -0.871. The highest BCUT2D eigenvalue weighted by molar-refractivity contribution is 9.09. The Morgan fingerprint density at radius 1 is 1.13 bits per heavy atom. The number of carbonyl (C=O) groups is 1. The fourth-order valence-corrected chi connectivity index (χ4v) is 2.76. The molecule has 0 heterocycles. The van der Waals surface area contributed by atoms with Gasteiger partial charge >= 0.3 is 0 Å². The summed E-state index contributed by atoms with van der Waals surface area (Å²) in [6, 6.07) is 15.1. The fourth-order valence-electron chi connectivity index (χ4n) is 2.44. The van der Waals surface area contributed by atoms with Crippen molar-refractivity contribution in [3.8, 4) is 0 Å². The van der Waals surface area contributed by atoms with Gasteiger partial charge in [-0.2, -0.15) is 0 Å². The molecule has 3 nitrogen and oxygen atoms in total. The molecule has 0 saturated carbocycles. The van der Waals surface area contributed by atoms with Crippen LogP contribution in [0.5, 0.6) is 0 Å². The highest BCUT2D eigenvalue weighted by Gasteiger charge is 2.24. The average Bonchev–Trinajstić information content (AvgIpc) is 2.59. The predicted octanol–water partition coefficient (Wildman–Crippen LogP) is 3.84. The van der Waals surface area contributed by atoms with Crippen LogP contribution in [0.4, 0.5) is 4.39 Å². The van der Waals surface area contributed by atoms with Crippen molar-refractivity contribution in [2.24, 2.45) is 0 Å². The molecule has 0 radical (unpaired) electrons. The van der Waals surface area contributed by atoms with Crippen LogP contribution >= 0.6 is 15.9 Å². The lowest BCUT2D eigenvalue weighted by atomic mass is 10.0. The Morgan fingerprint density at radius 2 is 1.74 bits per heavy atom. The van der Waals surface area contributed by atoms with Crippen LogP contribution in [0.3, 0.4) is 0 Å².